The highest BCUT2D eigenvalue weighted by Gasteiger charge is 2.06. The molecule has 0 radical (unpaired) electrons. The Bertz CT molecular complexity index is 447. The van der Waals surface area contributed by atoms with Crippen LogP contribution in [0.1, 0.15) is 5.82 Å². The second kappa shape index (κ2) is 4.27. The third-order valence-corrected chi connectivity index (χ3v) is 2.09. The highest BCUT2D eigenvalue weighted by molar-refractivity contribution is 6.31. The Morgan fingerprint density at radius 2 is 2.33 bits per heavy atom. The second-order valence-corrected chi connectivity index (χ2v) is 3.21. The molecule has 2 rings (SSSR count). The van der Waals surface area contributed by atoms with E-state index in [1.165, 1.54) is 12.5 Å². The molecule has 0 fully saturated rings. The van der Waals surface area contributed by atoms with Crippen LogP contribution in [0.4, 0.5) is 10.1 Å². The molecule has 15 heavy (non-hydrogen) atoms. The van der Waals surface area contributed by atoms with Crippen LogP contribution in [0, 0.1) is 5.82 Å². The number of aromatic nitrogens is 2. The standard InChI is InChI=1S/C9H7ClFN3O/c10-6-2-1-3-7(9(6)11)12-4-8-13-5-15-14-8/h1-3,5,12H,4H2. The van der Waals surface area contributed by atoms with Crippen molar-refractivity contribution >= 4 is 17.3 Å². The van der Waals surface area contributed by atoms with Crippen molar-refractivity contribution in [2.75, 3.05) is 5.32 Å². The van der Waals surface area contributed by atoms with Crippen LogP contribution < -0.4 is 5.32 Å². The fraction of sp³-hybridized carbons (Fsp3) is 0.111. The molecule has 1 N–H and O–H groups in total. The Hall–Kier alpha value is -1.62. The van der Waals surface area contributed by atoms with E-state index >= 15 is 0 Å². The lowest BCUT2D eigenvalue weighted by atomic mass is 10.3. The first-order valence-electron chi connectivity index (χ1n) is 4.20. The van der Waals surface area contributed by atoms with E-state index in [4.69, 9.17) is 11.6 Å². The summed E-state index contributed by atoms with van der Waals surface area (Å²) in [4.78, 5) is 3.79. The van der Waals surface area contributed by atoms with Gasteiger partial charge in [0.25, 0.3) is 0 Å². The minimum Gasteiger partial charge on any atom is -0.375 e. The van der Waals surface area contributed by atoms with Gasteiger partial charge in [-0.2, -0.15) is 4.98 Å². The van der Waals surface area contributed by atoms with E-state index < -0.39 is 5.82 Å². The Morgan fingerprint density at radius 1 is 1.47 bits per heavy atom. The average Bonchev–Trinajstić information content (AvgIpc) is 2.73. The van der Waals surface area contributed by atoms with Crippen molar-refractivity contribution in [1.82, 2.24) is 10.1 Å². The Labute approximate surface area is 90.1 Å². The van der Waals surface area contributed by atoms with Crippen molar-refractivity contribution in [1.29, 1.82) is 0 Å². The zero-order chi connectivity index (χ0) is 10.7. The van der Waals surface area contributed by atoms with Gasteiger partial charge < -0.3 is 9.84 Å². The summed E-state index contributed by atoms with van der Waals surface area (Å²) in [5.41, 5.74) is 0.312. The van der Waals surface area contributed by atoms with Crippen molar-refractivity contribution in [3.05, 3.63) is 41.3 Å². The molecule has 4 nitrogen and oxygen atoms in total. The molecule has 0 spiro atoms. The van der Waals surface area contributed by atoms with E-state index in [0.29, 0.717) is 11.5 Å². The van der Waals surface area contributed by atoms with Gasteiger partial charge in [0.2, 0.25) is 6.39 Å². The van der Waals surface area contributed by atoms with Gasteiger partial charge in [-0.1, -0.05) is 22.8 Å². The first-order chi connectivity index (χ1) is 7.27. The van der Waals surface area contributed by atoms with Crippen LogP contribution in [0.25, 0.3) is 0 Å². The molecule has 6 heteroatoms. The normalized spacial score (nSPS) is 10.3. The van der Waals surface area contributed by atoms with E-state index in [2.05, 4.69) is 20.0 Å². The minimum atomic E-state index is -0.484. The molecular weight excluding hydrogens is 221 g/mol. The second-order valence-electron chi connectivity index (χ2n) is 2.80. The molecule has 0 aliphatic rings. The van der Waals surface area contributed by atoms with Crippen LogP contribution in [0.3, 0.4) is 0 Å². The zero-order valence-electron chi connectivity index (χ0n) is 7.58. The highest BCUT2D eigenvalue weighted by Crippen LogP contribution is 2.22. The third-order valence-electron chi connectivity index (χ3n) is 1.80. The van der Waals surface area contributed by atoms with Crippen LogP contribution in [-0.4, -0.2) is 10.1 Å². The first kappa shape index (κ1) is 9.92. The van der Waals surface area contributed by atoms with E-state index in [0.717, 1.165) is 0 Å². The molecule has 78 valence electrons. The number of halogens is 2. The Balaban J connectivity index is 2.08. The quantitative estimate of drug-likeness (QED) is 0.875. The number of anilines is 1. The lowest BCUT2D eigenvalue weighted by molar-refractivity contribution is 0.411. The Kier molecular flexibility index (Phi) is 2.82. The summed E-state index contributed by atoms with van der Waals surface area (Å²) in [7, 11) is 0. The SMILES string of the molecule is Fc1c(Cl)cccc1NCc1ncon1. The van der Waals surface area contributed by atoms with E-state index in [9.17, 15) is 4.39 Å². The number of rotatable bonds is 3. The van der Waals surface area contributed by atoms with E-state index in [1.807, 2.05) is 0 Å². The molecule has 0 unspecified atom stereocenters. The van der Waals surface area contributed by atoms with Crippen molar-refractivity contribution < 1.29 is 8.91 Å². The van der Waals surface area contributed by atoms with Crippen molar-refractivity contribution in [2.45, 2.75) is 6.54 Å². The third kappa shape index (κ3) is 2.24. The average molecular weight is 228 g/mol. The van der Waals surface area contributed by atoms with Gasteiger partial charge in [0.05, 0.1) is 17.3 Å². The predicted molar refractivity (Wildman–Crippen MR) is 53.0 cm³/mol. The van der Waals surface area contributed by atoms with Gasteiger partial charge in [0, 0.05) is 0 Å². The van der Waals surface area contributed by atoms with Gasteiger partial charge >= 0.3 is 0 Å². The maximum Gasteiger partial charge on any atom is 0.213 e. The van der Waals surface area contributed by atoms with Crippen molar-refractivity contribution in [2.24, 2.45) is 0 Å². The molecule has 0 bridgehead atoms. The van der Waals surface area contributed by atoms with Gasteiger partial charge in [0.15, 0.2) is 11.6 Å². The lowest BCUT2D eigenvalue weighted by Crippen LogP contribution is -2.02. The summed E-state index contributed by atoms with van der Waals surface area (Å²) in [5.74, 6) is -0.0305. The predicted octanol–water partition coefficient (Wildman–Crippen LogP) is 2.47. The van der Waals surface area contributed by atoms with Crippen LogP contribution in [0.2, 0.25) is 5.02 Å². The summed E-state index contributed by atoms with van der Waals surface area (Å²) in [6, 6.07) is 4.72. The molecule has 1 aromatic heterocycles. The number of benzene rings is 1. The number of hydrogen-bond acceptors (Lipinski definition) is 4. The molecule has 0 saturated carbocycles. The molecule has 1 heterocycles. The summed E-state index contributed by atoms with van der Waals surface area (Å²) < 4.78 is 17.9. The molecular formula is C9H7ClFN3O. The van der Waals surface area contributed by atoms with Gasteiger partial charge in [-0.25, -0.2) is 4.39 Å². The monoisotopic (exact) mass is 227 g/mol. The van der Waals surface area contributed by atoms with Crippen molar-refractivity contribution in [3.8, 4) is 0 Å². The number of hydrogen-bond donors (Lipinski definition) is 1. The summed E-state index contributed by atoms with van der Waals surface area (Å²) >= 11 is 5.61. The highest BCUT2D eigenvalue weighted by atomic mass is 35.5. The van der Waals surface area contributed by atoms with E-state index in [1.54, 1.807) is 12.1 Å². The molecule has 0 aliphatic carbocycles. The number of nitrogens with zero attached hydrogens (tertiary/aromatic N) is 2. The van der Waals surface area contributed by atoms with Crippen LogP contribution in [0.15, 0.2) is 29.1 Å². The number of nitrogens with one attached hydrogen (secondary N) is 1. The molecule has 0 saturated heterocycles. The summed E-state index contributed by atoms with van der Waals surface area (Å²) in [6.07, 6.45) is 1.21. The molecule has 0 amide bonds. The molecule has 0 aliphatic heterocycles. The zero-order valence-corrected chi connectivity index (χ0v) is 8.33. The maximum atomic E-state index is 13.4. The summed E-state index contributed by atoms with van der Waals surface area (Å²) in [6.45, 7) is 0.285. The van der Waals surface area contributed by atoms with Crippen LogP contribution >= 0.6 is 11.6 Å². The molecule has 0 atom stereocenters. The van der Waals surface area contributed by atoms with E-state index in [-0.39, 0.29) is 11.6 Å². The van der Waals surface area contributed by atoms with Gasteiger partial charge in [-0.15, -0.1) is 0 Å². The lowest BCUT2D eigenvalue weighted by Gasteiger charge is -2.05. The van der Waals surface area contributed by atoms with Gasteiger partial charge in [0.1, 0.15) is 0 Å². The first-order valence-corrected chi connectivity index (χ1v) is 4.58. The van der Waals surface area contributed by atoms with Crippen LogP contribution in [-0.2, 0) is 6.54 Å². The van der Waals surface area contributed by atoms with Gasteiger partial charge in [-0.3, -0.25) is 0 Å². The molecule has 2 aromatic rings. The van der Waals surface area contributed by atoms with Crippen molar-refractivity contribution in [3.63, 3.8) is 0 Å². The largest absolute Gasteiger partial charge is 0.375 e. The summed E-state index contributed by atoms with van der Waals surface area (Å²) in [5, 5.41) is 6.47. The fourth-order valence-electron chi connectivity index (χ4n) is 1.08. The van der Waals surface area contributed by atoms with Crippen LogP contribution in [0.5, 0.6) is 0 Å². The minimum absolute atomic E-state index is 0.0770. The molecule has 1 aromatic carbocycles. The fourth-order valence-corrected chi connectivity index (χ4v) is 1.26. The van der Waals surface area contributed by atoms with Gasteiger partial charge in [-0.05, 0) is 12.1 Å². The Morgan fingerprint density at radius 3 is 3.07 bits per heavy atom. The smallest absolute Gasteiger partial charge is 0.213 e. The maximum absolute atomic E-state index is 13.4. The topological polar surface area (TPSA) is 51.0 Å².